The molecule has 0 radical (unpaired) electrons. The molecule has 0 saturated heterocycles. The number of hydrogen-bond donors (Lipinski definition) is 2. The Morgan fingerprint density at radius 1 is 1.10 bits per heavy atom. The number of benzene rings is 2. The van der Waals surface area contributed by atoms with Crippen molar-refractivity contribution >= 4 is 43.0 Å². The number of fused-ring (bicyclic) bond motifs is 1. The van der Waals surface area contributed by atoms with Crippen LogP contribution in [0.5, 0.6) is 5.75 Å². The van der Waals surface area contributed by atoms with Gasteiger partial charge in [0.15, 0.2) is 5.75 Å². The lowest BCUT2D eigenvalue weighted by Crippen LogP contribution is -2.50. The number of nitrogens with zero attached hydrogens (tertiary/aromatic N) is 2. The molecule has 10 nitrogen and oxygen atoms in total. The number of aliphatic hydroxyl groups excluding tert-OH is 1. The monoisotopic (exact) mass is 593 g/mol. The summed E-state index contributed by atoms with van der Waals surface area (Å²) in [5.74, 6) is -0.814. The highest BCUT2D eigenvalue weighted by atomic mass is 32.2. The third kappa shape index (κ3) is 6.12. The van der Waals surface area contributed by atoms with Crippen molar-refractivity contribution in [1.29, 1.82) is 0 Å². The van der Waals surface area contributed by atoms with Crippen molar-refractivity contribution in [2.45, 2.75) is 35.1 Å². The molecule has 4 rings (SSSR count). The summed E-state index contributed by atoms with van der Waals surface area (Å²) in [6.45, 7) is 3.36. The zero-order chi connectivity index (χ0) is 28.4. The van der Waals surface area contributed by atoms with Crippen LogP contribution >= 0.6 is 11.3 Å². The summed E-state index contributed by atoms with van der Waals surface area (Å²) in [6.07, 6.45) is -0.763. The summed E-state index contributed by atoms with van der Waals surface area (Å²) < 4.78 is 62.7. The van der Waals surface area contributed by atoms with Crippen LogP contribution in [0.4, 0.5) is 5.69 Å². The SMILES string of the molecule is C[C@@H]1CN([C@@H](C)CO)C(=O)c2cccc(NS(=O)(=O)c3cccs3)c2O[C@@H]1CN(C)S(=O)(=O)c1ccccc1. The Kier molecular flexibility index (Phi) is 8.66. The van der Waals surface area contributed by atoms with Crippen LogP contribution in [0.2, 0.25) is 0 Å². The van der Waals surface area contributed by atoms with Crippen molar-refractivity contribution in [2.75, 3.05) is 31.5 Å². The molecule has 2 aromatic carbocycles. The number of nitrogens with one attached hydrogen (secondary N) is 1. The van der Waals surface area contributed by atoms with Crippen LogP contribution in [-0.4, -0.2) is 75.9 Å². The van der Waals surface area contributed by atoms with Crippen molar-refractivity contribution in [3.05, 3.63) is 71.6 Å². The van der Waals surface area contributed by atoms with Crippen molar-refractivity contribution in [1.82, 2.24) is 9.21 Å². The first-order valence-corrected chi connectivity index (χ1v) is 16.0. The molecule has 0 spiro atoms. The van der Waals surface area contributed by atoms with Gasteiger partial charge in [-0.05, 0) is 42.6 Å². The minimum absolute atomic E-state index is 0.000157. The third-order valence-corrected chi connectivity index (χ3v) is 11.2. The molecule has 210 valence electrons. The Morgan fingerprint density at radius 2 is 1.82 bits per heavy atom. The van der Waals surface area contributed by atoms with Crippen molar-refractivity contribution in [3.63, 3.8) is 0 Å². The molecule has 0 unspecified atom stereocenters. The Hall–Kier alpha value is -2.97. The van der Waals surface area contributed by atoms with Gasteiger partial charge in [0.25, 0.3) is 15.9 Å². The van der Waals surface area contributed by atoms with E-state index in [1.165, 1.54) is 46.6 Å². The Bertz CT molecular complexity index is 1510. The van der Waals surface area contributed by atoms with Gasteiger partial charge in [0.05, 0.1) is 35.3 Å². The van der Waals surface area contributed by atoms with Gasteiger partial charge in [-0.1, -0.05) is 37.3 Å². The average molecular weight is 594 g/mol. The van der Waals surface area contributed by atoms with Gasteiger partial charge < -0.3 is 14.7 Å². The fraction of sp³-hybridized carbons (Fsp3) is 0.346. The largest absolute Gasteiger partial charge is 0.486 e. The van der Waals surface area contributed by atoms with Crippen LogP contribution in [0, 0.1) is 5.92 Å². The van der Waals surface area contributed by atoms with E-state index in [2.05, 4.69) is 4.72 Å². The van der Waals surface area contributed by atoms with E-state index in [0.717, 1.165) is 11.3 Å². The van der Waals surface area contributed by atoms with Crippen LogP contribution in [0.15, 0.2) is 75.1 Å². The molecule has 3 atom stereocenters. The summed E-state index contributed by atoms with van der Waals surface area (Å²) in [6, 6.07) is 15.1. The lowest BCUT2D eigenvalue weighted by molar-refractivity contribution is 0.0389. The Balaban J connectivity index is 1.76. The molecule has 1 amide bonds. The molecule has 2 heterocycles. The van der Waals surface area contributed by atoms with Crippen LogP contribution in [0.3, 0.4) is 0 Å². The second-order valence-electron chi connectivity index (χ2n) is 9.44. The van der Waals surface area contributed by atoms with Crippen LogP contribution in [0.25, 0.3) is 0 Å². The van der Waals surface area contributed by atoms with E-state index >= 15 is 0 Å². The van der Waals surface area contributed by atoms with Crippen LogP contribution in [-0.2, 0) is 20.0 Å². The number of rotatable bonds is 9. The molecule has 0 bridgehead atoms. The molecule has 2 N–H and O–H groups in total. The molecule has 1 aliphatic rings. The maximum Gasteiger partial charge on any atom is 0.271 e. The molecule has 39 heavy (non-hydrogen) atoms. The highest BCUT2D eigenvalue weighted by Gasteiger charge is 2.36. The molecule has 3 aromatic rings. The number of carbonyl (C=O) groups is 1. The maximum atomic E-state index is 13.6. The summed E-state index contributed by atoms with van der Waals surface area (Å²) in [5.41, 5.74) is 0.158. The van der Waals surface area contributed by atoms with E-state index in [-0.39, 0.29) is 51.7 Å². The lowest BCUT2D eigenvalue weighted by atomic mass is 9.99. The second-order valence-corrected chi connectivity index (χ2v) is 14.3. The highest BCUT2D eigenvalue weighted by Crippen LogP contribution is 2.36. The zero-order valence-electron chi connectivity index (χ0n) is 21.7. The summed E-state index contributed by atoms with van der Waals surface area (Å²) in [4.78, 5) is 15.2. The first-order chi connectivity index (χ1) is 18.5. The number of carbonyl (C=O) groups excluding carboxylic acids is 1. The molecular weight excluding hydrogens is 563 g/mol. The first-order valence-electron chi connectivity index (χ1n) is 12.2. The lowest BCUT2D eigenvalue weighted by Gasteiger charge is -2.38. The normalized spacial score (nSPS) is 19.1. The molecule has 0 saturated carbocycles. The smallest absolute Gasteiger partial charge is 0.271 e. The molecule has 1 aromatic heterocycles. The van der Waals surface area contributed by atoms with Crippen LogP contribution < -0.4 is 9.46 Å². The van der Waals surface area contributed by atoms with Gasteiger partial charge in [-0.15, -0.1) is 11.3 Å². The zero-order valence-corrected chi connectivity index (χ0v) is 24.2. The number of hydrogen-bond acceptors (Lipinski definition) is 8. The molecule has 0 aliphatic carbocycles. The summed E-state index contributed by atoms with van der Waals surface area (Å²) in [5, 5.41) is 11.5. The van der Waals surface area contributed by atoms with Gasteiger partial charge in [-0.2, -0.15) is 4.31 Å². The standard InChI is InChI=1S/C26H31N3O7S3/c1-18-15-29(19(2)17-30)26(31)21-11-7-12-22(27-38(32,33)24-13-8-14-37-24)25(21)36-23(18)16-28(3)39(34,35)20-9-5-4-6-10-20/h4-14,18-19,23,27,30H,15-17H2,1-3H3/t18-,19+,23-/m1/s1. The third-order valence-electron chi connectivity index (χ3n) is 6.58. The van der Waals surface area contributed by atoms with Crippen molar-refractivity contribution in [3.8, 4) is 5.75 Å². The number of thiophene rings is 1. The van der Waals surface area contributed by atoms with Gasteiger partial charge in [0, 0.05) is 19.5 Å². The molecule has 13 heteroatoms. The fourth-order valence-corrected chi connectivity index (χ4v) is 7.54. The summed E-state index contributed by atoms with van der Waals surface area (Å²) in [7, 11) is -6.38. The van der Waals surface area contributed by atoms with E-state index < -0.39 is 38.1 Å². The highest BCUT2D eigenvalue weighted by molar-refractivity contribution is 7.94. The minimum Gasteiger partial charge on any atom is -0.486 e. The van der Waals surface area contributed by atoms with E-state index in [1.54, 1.807) is 42.6 Å². The summed E-state index contributed by atoms with van der Waals surface area (Å²) >= 11 is 1.04. The van der Waals surface area contributed by atoms with Crippen molar-refractivity contribution in [2.24, 2.45) is 5.92 Å². The number of anilines is 1. The number of sulfonamides is 2. The van der Waals surface area contributed by atoms with Crippen LogP contribution in [0.1, 0.15) is 24.2 Å². The van der Waals surface area contributed by atoms with E-state index in [1.807, 2.05) is 6.92 Å². The van der Waals surface area contributed by atoms with Gasteiger partial charge in [0.2, 0.25) is 10.0 Å². The number of likely N-dealkylation sites (N-methyl/N-ethyl adjacent to an activating group) is 1. The van der Waals surface area contributed by atoms with Gasteiger partial charge in [0.1, 0.15) is 10.3 Å². The number of aliphatic hydroxyl groups is 1. The fourth-order valence-electron chi connectivity index (χ4n) is 4.28. The molecule has 1 aliphatic heterocycles. The van der Waals surface area contributed by atoms with Gasteiger partial charge in [-0.25, -0.2) is 16.8 Å². The predicted octanol–water partition coefficient (Wildman–Crippen LogP) is 3.09. The Labute approximate surface area is 232 Å². The molecule has 0 fully saturated rings. The van der Waals surface area contributed by atoms with E-state index in [4.69, 9.17) is 4.74 Å². The van der Waals surface area contributed by atoms with Crippen molar-refractivity contribution < 1.29 is 31.5 Å². The second kappa shape index (κ2) is 11.6. The quantitative estimate of drug-likeness (QED) is 0.390. The van der Waals surface area contributed by atoms with Gasteiger partial charge >= 0.3 is 0 Å². The number of para-hydroxylation sites is 1. The topological polar surface area (TPSA) is 133 Å². The Morgan fingerprint density at radius 3 is 2.46 bits per heavy atom. The van der Waals surface area contributed by atoms with E-state index in [0.29, 0.717) is 0 Å². The predicted molar refractivity (Wildman–Crippen MR) is 149 cm³/mol. The average Bonchev–Trinajstić information content (AvgIpc) is 3.47. The minimum atomic E-state index is -3.97. The first kappa shape index (κ1) is 29.0. The van der Waals surface area contributed by atoms with Gasteiger partial charge in [-0.3, -0.25) is 9.52 Å². The molecular formula is C26H31N3O7S3. The number of ether oxygens (including phenoxy) is 1. The number of amides is 1. The van der Waals surface area contributed by atoms with E-state index in [9.17, 15) is 26.7 Å². The maximum absolute atomic E-state index is 13.6.